The minimum absolute atomic E-state index is 0.0189. The molecule has 0 heterocycles. The van der Waals surface area contributed by atoms with Crippen LogP contribution < -0.4 is 4.90 Å². The van der Waals surface area contributed by atoms with Gasteiger partial charge in [-0.2, -0.15) is 0 Å². The van der Waals surface area contributed by atoms with E-state index in [1.807, 2.05) is 0 Å². The average Bonchev–Trinajstić information content (AvgIpc) is 3.05. The van der Waals surface area contributed by atoms with Gasteiger partial charge >= 0.3 is 0 Å². The second-order valence-electron chi connectivity index (χ2n) is 9.15. The molecule has 0 amide bonds. The van der Waals surface area contributed by atoms with E-state index >= 15 is 0 Å². The summed E-state index contributed by atoms with van der Waals surface area (Å²) in [4.78, 5) is 2.30. The maximum atomic E-state index is 2.37. The molecule has 0 fully saturated rings. The van der Waals surface area contributed by atoms with E-state index in [9.17, 15) is 0 Å². The molecule has 1 heteroatoms. The van der Waals surface area contributed by atoms with Gasteiger partial charge < -0.3 is 4.90 Å². The summed E-state index contributed by atoms with van der Waals surface area (Å²) in [5.41, 5.74) is 8.01. The molecular formula is C30H25N. The summed E-state index contributed by atoms with van der Waals surface area (Å²) in [5.74, 6) is 0. The number of hydrogen-bond acceptors (Lipinski definition) is 1. The zero-order valence-corrected chi connectivity index (χ0v) is 18.2. The Morgan fingerprint density at radius 1 is 0.548 bits per heavy atom. The first-order valence-corrected chi connectivity index (χ1v) is 10.9. The molecule has 0 bridgehead atoms. The number of anilines is 2. The van der Waals surface area contributed by atoms with Gasteiger partial charge in [0.15, 0.2) is 0 Å². The predicted octanol–water partition coefficient (Wildman–Crippen LogP) is 8.07. The molecule has 6 rings (SSSR count). The van der Waals surface area contributed by atoms with Gasteiger partial charge in [-0.25, -0.2) is 0 Å². The van der Waals surface area contributed by atoms with Crippen LogP contribution in [0.15, 0.2) is 97.1 Å². The molecular weight excluding hydrogens is 374 g/mol. The third-order valence-corrected chi connectivity index (χ3v) is 7.07. The Hall–Kier alpha value is -3.58. The Morgan fingerprint density at radius 3 is 2.10 bits per heavy atom. The minimum Gasteiger partial charge on any atom is -0.345 e. The standard InChI is InChI=1S/C30H25N/c1-30(2)28-11-7-6-10-26(28)27-17-15-23(19-29(27)30)31(3)22-14-16-25-21(18-22)13-12-20-8-4-5-9-24(20)25/h4-19H,1-3H3. The van der Waals surface area contributed by atoms with Crippen molar-refractivity contribution in [1.82, 2.24) is 0 Å². The van der Waals surface area contributed by atoms with Crippen molar-refractivity contribution in [2.45, 2.75) is 19.3 Å². The highest BCUT2D eigenvalue weighted by molar-refractivity contribution is 6.08. The molecule has 0 radical (unpaired) electrons. The largest absolute Gasteiger partial charge is 0.345 e. The monoisotopic (exact) mass is 399 g/mol. The number of hydrogen-bond donors (Lipinski definition) is 0. The van der Waals surface area contributed by atoms with E-state index in [1.54, 1.807) is 0 Å². The van der Waals surface area contributed by atoms with Gasteiger partial charge in [-0.3, -0.25) is 0 Å². The van der Waals surface area contributed by atoms with Crippen molar-refractivity contribution >= 4 is 32.9 Å². The van der Waals surface area contributed by atoms with E-state index in [-0.39, 0.29) is 5.41 Å². The van der Waals surface area contributed by atoms with Crippen LogP contribution in [-0.4, -0.2) is 7.05 Å². The maximum absolute atomic E-state index is 2.37. The van der Waals surface area contributed by atoms with Gasteiger partial charge in [-0.05, 0) is 68.1 Å². The zero-order valence-electron chi connectivity index (χ0n) is 18.2. The van der Waals surface area contributed by atoms with Crippen LogP contribution in [0.25, 0.3) is 32.7 Å². The van der Waals surface area contributed by atoms with Crippen molar-refractivity contribution in [3.63, 3.8) is 0 Å². The molecule has 0 saturated carbocycles. The van der Waals surface area contributed by atoms with Crippen molar-refractivity contribution in [3.05, 3.63) is 108 Å². The molecule has 1 aliphatic rings. The summed E-state index contributed by atoms with van der Waals surface area (Å²) in [7, 11) is 2.17. The molecule has 0 atom stereocenters. The predicted molar refractivity (Wildman–Crippen MR) is 134 cm³/mol. The lowest BCUT2D eigenvalue weighted by atomic mass is 9.82. The average molecular weight is 400 g/mol. The van der Waals surface area contributed by atoms with Gasteiger partial charge in [0, 0.05) is 23.8 Å². The molecule has 1 nitrogen and oxygen atoms in total. The minimum atomic E-state index is 0.0189. The summed E-state index contributed by atoms with van der Waals surface area (Å²) in [6.45, 7) is 4.67. The number of nitrogens with zero attached hydrogens (tertiary/aromatic N) is 1. The van der Waals surface area contributed by atoms with E-state index in [0.717, 1.165) is 0 Å². The zero-order chi connectivity index (χ0) is 21.2. The molecule has 1 aliphatic carbocycles. The molecule has 0 unspecified atom stereocenters. The number of benzene rings is 5. The van der Waals surface area contributed by atoms with Crippen LogP contribution in [0.2, 0.25) is 0 Å². The summed E-state index contributed by atoms with van der Waals surface area (Å²) < 4.78 is 0. The van der Waals surface area contributed by atoms with Crippen LogP contribution in [0.5, 0.6) is 0 Å². The SMILES string of the molecule is CN(c1ccc2c(c1)C(C)(C)c1ccccc1-2)c1ccc2c(ccc3ccccc32)c1. The number of rotatable bonds is 2. The Morgan fingerprint density at radius 2 is 1.19 bits per heavy atom. The van der Waals surface area contributed by atoms with Crippen LogP contribution in [-0.2, 0) is 5.41 Å². The molecule has 0 aromatic heterocycles. The molecule has 150 valence electrons. The Labute approximate surface area is 183 Å². The van der Waals surface area contributed by atoms with E-state index in [1.165, 1.54) is 55.2 Å². The lowest BCUT2D eigenvalue weighted by molar-refractivity contribution is 0.660. The summed E-state index contributed by atoms with van der Waals surface area (Å²) >= 11 is 0. The van der Waals surface area contributed by atoms with E-state index in [0.29, 0.717) is 0 Å². The van der Waals surface area contributed by atoms with Gasteiger partial charge in [0.2, 0.25) is 0 Å². The summed E-state index contributed by atoms with van der Waals surface area (Å²) in [5, 5.41) is 5.18. The van der Waals surface area contributed by atoms with Crippen LogP contribution in [0, 0.1) is 0 Å². The molecule has 0 N–H and O–H groups in total. The highest BCUT2D eigenvalue weighted by Gasteiger charge is 2.35. The maximum Gasteiger partial charge on any atom is 0.0414 e. The lowest BCUT2D eigenvalue weighted by Crippen LogP contribution is -2.16. The van der Waals surface area contributed by atoms with Crippen LogP contribution >= 0.6 is 0 Å². The van der Waals surface area contributed by atoms with Crippen molar-refractivity contribution in [3.8, 4) is 11.1 Å². The fourth-order valence-corrected chi connectivity index (χ4v) is 5.26. The first-order chi connectivity index (χ1) is 15.0. The second-order valence-corrected chi connectivity index (χ2v) is 9.15. The molecule has 0 spiro atoms. The Kier molecular flexibility index (Phi) is 3.79. The molecule has 0 aliphatic heterocycles. The van der Waals surface area contributed by atoms with Crippen molar-refractivity contribution < 1.29 is 0 Å². The lowest BCUT2D eigenvalue weighted by Gasteiger charge is -2.25. The van der Waals surface area contributed by atoms with Gasteiger partial charge in [-0.15, -0.1) is 0 Å². The van der Waals surface area contributed by atoms with Crippen molar-refractivity contribution in [2.24, 2.45) is 0 Å². The van der Waals surface area contributed by atoms with Crippen LogP contribution in [0.4, 0.5) is 11.4 Å². The Balaban J connectivity index is 1.44. The molecule has 31 heavy (non-hydrogen) atoms. The van der Waals surface area contributed by atoms with Crippen molar-refractivity contribution in [2.75, 3.05) is 11.9 Å². The van der Waals surface area contributed by atoms with Crippen LogP contribution in [0.3, 0.4) is 0 Å². The highest BCUT2D eigenvalue weighted by atomic mass is 15.1. The van der Waals surface area contributed by atoms with E-state index in [4.69, 9.17) is 0 Å². The third-order valence-electron chi connectivity index (χ3n) is 7.07. The van der Waals surface area contributed by atoms with E-state index in [2.05, 4.69) is 123 Å². The number of fused-ring (bicyclic) bond motifs is 6. The van der Waals surface area contributed by atoms with Gasteiger partial charge in [0.1, 0.15) is 0 Å². The van der Waals surface area contributed by atoms with Crippen LogP contribution in [0.1, 0.15) is 25.0 Å². The molecule has 5 aromatic carbocycles. The first kappa shape index (κ1) is 18.2. The molecule has 0 saturated heterocycles. The quantitative estimate of drug-likeness (QED) is 0.271. The summed E-state index contributed by atoms with van der Waals surface area (Å²) in [6, 6.07) is 35.6. The van der Waals surface area contributed by atoms with Gasteiger partial charge in [-0.1, -0.05) is 86.6 Å². The molecule has 5 aromatic rings. The van der Waals surface area contributed by atoms with Gasteiger partial charge in [0.25, 0.3) is 0 Å². The fraction of sp³-hybridized carbons (Fsp3) is 0.133. The second kappa shape index (κ2) is 6.46. The normalized spacial score (nSPS) is 13.9. The van der Waals surface area contributed by atoms with Crippen molar-refractivity contribution in [1.29, 1.82) is 0 Å². The fourth-order valence-electron chi connectivity index (χ4n) is 5.26. The van der Waals surface area contributed by atoms with Gasteiger partial charge in [0.05, 0.1) is 0 Å². The first-order valence-electron chi connectivity index (χ1n) is 10.9. The smallest absolute Gasteiger partial charge is 0.0414 e. The topological polar surface area (TPSA) is 3.24 Å². The van der Waals surface area contributed by atoms with E-state index < -0.39 is 0 Å². The third kappa shape index (κ3) is 2.63. The summed E-state index contributed by atoms with van der Waals surface area (Å²) in [6.07, 6.45) is 0. The Bertz CT molecular complexity index is 1480. The highest BCUT2D eigenvalue weighted by Crippen LogP contribution is 2.49.